The van der Waals surface area contributed by atoms with E-state index >= 15 is 0 Å². The molecule has 17 heavy (non-hydrogen) atoms. The maximum absolute atomic E-state index is 12.5. The van der Waals surface area contributed by atoms with Gasteiger partial charge in [0, 0.05) is 10.7 Å². The van der Waals surface area contributed by atoms with Crippen LogP contribution >= 0.6 is 10.7 Å². The summed E-state index contributed by atoms with van der Waals surface area (Å²) in [5.41, 5.74) is 0. The zero-order chi connectivity index (χ0) is 13.3. The van der Waals surface area contributed by atoms with E-state index in [1.165, 1.54) is 0 Å². The molecule has 0 aliphatic carbocycles. The Labute approximate surface area is 98.4 Å². The predicted molar refractivity (Wildman–Crippen MR) is 51.1 cm³/mol. The van der Waals surface area contributed by atoms with Crippen LogP contribution in [0, 0.1) is 0 Å². The number of hydrogen-bond acceptors (Lipinski definition) is 3. The third kappa shape index (κ3) is 3.74. The molecule has 0 spiro atoms. The van der Waals surface area contributed by atoms with E-state index in [0.717, 1.165) is 24.3 Å². The molecule has 0 amide bonds. The number of benzene rings is 1. The molecule has 0 bridgehead atoms. The first kappa shape index (κ1) is 14.0. The molecule has 0 aliphatic heterocycles. The molecule has 0 saturated heterocycles. The van der Waals surface area contributed by atoms with E-state index in [9.17, 15) is 26.0 Å². The predicted octanol–water partition coefficient (Wildman–Crippen LogP) is 2.85. The topological polar surface area (TPSA) is 43.4 Å². The van der Waals surface area contributed by atoms with E-state index in [2.05, 4.69) is 4.74 Å². The number of hydrogen-bond donors (Lipinski definition) is 0. The van der Waals surface area contributed by atoms with Gasteiger partial charge in [-0.25, -0.2) is 8.42 Å². The molecule has 0 fully saturated rings. The van der Waals surface area contributed by atoms with Crippen LogP contribution in [-0.2, 0) is 9.05 Å². The van der Waals surface area contributed by atoms with Gasteiger partial charge in [-0.2, -0.15) is 17.6 Å². The molecule has 0 unspecified atom stereocenters. The average molecular weight is 293 g/mol. The Bertz CT molecular complexity index is 486. The van der Waals surface area contributed by atoms with Crippen molar-refractivity contribution in [3.8, 4) is 5.75 Å². The SMILES string of the molecule is O=S(=O)(Cl)c1ccc(OC(F)(F)C(F)F)cc1. The molecule has 0 atom stereocenters. The Balaban J connectivity index is 2.90. The molecule has 1 aromatic carbocycles. The number of alkyl halides is 4. The Kier molecular flexibility index (Phi) is 3.88. The lowest BCUT2D eigenvalue weighted by atomic mass is 10.3. The van der Waals surface area contributed by atoms with Crippen molar-refractivity contribution >= 4 is 19.7 Å². The summed E-state index contributed by atoms with van der Waals surface area (Å²) in [7, 11) is 0.959. The molecular formula is C8H5ClF4O3S. The maximum atomic E-state index is 12.5. The van der Waals surface area contributed by atoms with Gasteiger partial charge in [-0.3, -0.25) is 0 Å². The molecule has 0 heterocycles. The van der Waals surface area contributed by atoms with Gasteiger partial charge < -0.3 is 4.74 Å². The van der Waals surface area contributed by atoms with Gasteiger partial charge in [-0.15, -0.1) is 0 Å². The van der Waals surface area contributed by atoms with Crippen molar-refractivity contribution in [2.75, 3.05) is 0 Å². The molecule has 1 rings (SSSR count). The van der Waals surface area contributed by atoms with Crippen LogP contribution in [0.5, 0.6) is 5.75 Å². The van der Waals surface area contributed by atoms with Gasteiger partial charge in [0.15, 0.2) is 0 Å². The normalized spacial score (nSPS) is 12.8. The summed E-state index contributed by atoms with van der Waals surface area (Å²) in [6, 6.07) is 3.32. The van der Waals surface area contributed by atoms with Crippen LogP contribution in [0.25, 0.3) is 0 Å². The summed E-state index contributed by atoms with van der Waals surface area (Å²) in [6.07, 6.45) is -8.62. The lowest BCUT2D eigenvalue weighted by Crippen LogP contribution is -2.33. The highest BCUT2D eigenvalue weighted by Gasteiger charge is 2.43. The summed E-state index contributed by atoms with van der Waals surface area (Å²) in [6.45, 7) is 0. The second kappa shape index (κ2) is 4.69. The van der Waals surface area contributed by atoms with E-state index < -0.39 is 27.3 Å². The first-order chi connectivity index (χ1) is 7.63. The minimum absolute atomic E-state index is 0.355. The Morgan fingerprint density at radius 2 is 1.65 bits per heavy atom. The van der Waals surface area contributed by atoms with Crippen LogP contribution < -0.4 is 4.74 Å². The van der Waals surface area contributed by atoms with Crippen molar-refractivity contribution in [1.82, 2.24) is 0 Å². The van der Waals surface area contributed by atoms with Crippen LogP contribution in [0.15, 0.2) is 29.2 Å². The molecule has 3 nitrogen and oxygen atoms in total. The monoisotopic (exact) mass is 292 g/mol. The zero-order valence-electron chi connectivity index (χ0n) is 7.91. The van der Waals surface area contributed by atoms with Crippen molar-refractivity contribution in [3.63, 3.8) is 0 Å². The highest BCUT2D eigenvalue weighted by atomic mass is 35.7. The van der Waals surface area contributed by atoms with Gasteiger partial charge >= 0.3 is 12.5 Å². The Hall–Kier alpha value is -1.02. The zero-order valence-corrected chi connectivity index (χ0v) is 9.48. The molecule has 1 aromatic rings. The largest absolute Gasteiger partial charge is 0.461 e. The highest BCUT2D eigenvalue weighted by molar-refractivity contribution is 8.13. The van der Waals surface area contributed by atoms with Crippen LogP contribution in [0.1, 0.15) is 0 Å². The quantitative estimate of drug-likeness (QED) is 0.633. The fraction of sp³-hybridized carbons (Fsp3) is 0.250. The van der Waals surface area contributed by atoms with E-state index in [1.807, 2.05) is 0 Å². The lowest BCUT2D eigenvalue weighted by molar-refractivity contribution is -0.253. The second-order valence-corrected chi connectivity index (χ2v) is 5.44. The molecule has 96 valence electrons. The Morgan fingerprint density at radius 1 is 1.18 bits per heavy atom. The van der Waals surface area contributed by atoms with Crippen LogP contribution in [0.2, 0.25) is 0 Å². The first-order valence-corrected chi connectivity index (χ1v) is 6.33. The first-order valence-electron chi connectivity index (χ1n) is 4.02. The fourth-order valence-corrected chi connectivity index (χ4v) is 1.64. The third-order valence-electron chi connectivity index (χ3n) is 1.61. The lowest BCUT2D eigenvalue weighted by Gasteiger charge is -2.16. The van der Waals surface area contributed by atoms with Crippen molar-refractivity contribution in [2.45, 2.75) is 17.4 Å². The van der Waals surface area contributed by atoms with Crippen molar-refractivity contribution in [3.05, 3.63) is 24.3 Å². The van der Waals surface area contributed by atoms with Gasteiger partial charge in [-0.1, -0.05) is 0 Å². The van der Waals surface area contributed by atoms with E-state index in [1.54, 1.807) is 0 Å². The third-order valence-corrected chi connectivity index (χ3v) is 2.98. The summed E-state index contributed by atoms with van der Waals surface area (Å²) < 4.78 is 73.7. The van der Waals surface area contributed by atoms with Gasteiger partial charge in [0.1, 0.15) is 5.75 Å². The number of ether oxygens (including phenoxy) is 1. The van der Waals surface area contributed by atoms with E-state index in [4.69, 9.17) is 10.7 Å². The molecule has 0 N–H and O–H groups in total. The van der Waals surface area contributed by atoms with Gasteiger partial charge in [0.25, 0.3) is 9.05 Å². The maximum Gasteiger partial charge on any atom is 0.461 e. The van der Waals surface area contributed by atoms with E-state index in [0.29, 0.717) is 0 Å². The highest BCUT2D eigenvalue weighted by Crippen LogP contribution is 2.28. The molecule has 9 heteroatoms. The minimum atomic E-state index is -4.64. The molecule has 0 radical (unpaired) electrons. The van der Waals surface area contributed by atoms with Crippen LogP contribution in [0.3, 0.4) is 0 Å². The van der Waals surface area contributed by atoms with Gasteiger partial charge in [0.2, 0.25) is 0 Å². The summed E-state index contributed by atoms with van der Waals surface area (Å²) in [4.78, 5) is -0.355. The fourth-order valence-electron chi connectivity index (χ4n) is 0.872. The second-order valence-electron chi connectivity index (χ2n) is 2.87. The van der Waals surface area contributed by atoms with Crippen molar-refractivity contribution < 1.29 is 30.7 Å². The number of rotatable bonds is 4. The molecular weight excluding hydrogens is 288 g/mol. The van der Waals surface area contributed by atoms with Crippen LogP contribution in [-0.4, -0.2) is 21.0 Å². The van der Waals surface area contributed by atoms with Crippen molar-refractivity contribution in [2.24, 2.45) is 0 Å². The van der Waals surface area contributed by atoms with Gasteiger partial charge in [0.05, 0.1) is 4.90 Å². The van der Waals surface area contributed by atoms with Crippen LogP contribution in [0.4, 0.5) is 17.6 Å². The molecule has 0 aromatic heterocycles. The summed E-state index contributed by atoms with van der Waals surface area (Å²) in [5.74, 6) is -0.598. The summed E-state index contributed by atoms with van der Waals surface area (Å²) >= 11 is 0. The summed E-state index contributed by atoms with van der Waals surface area (Å²) in [5, 5.41) is 0. The molecule has 0 saturated carbocycles. The minimum Gasteiger partial charge on any atom is -0.428 e. The number of halogens is 5. The Morgan fingerprint density at radius 3 is 2.00 bits per heavy atom. The molecule has 0 aliphatic rings. The standard InChI is InChI=1S/C8H5ClF4O3S/c9-17(14,15)6-3-1-5(2-4-6)16-8(12,13)7(10)11/h1-4,7H. The van der Waals surface area contributed by atoms with Gasteiger partial charge in [-0.05, 0) is 24.3 Å². The van der Waals surface area contributed by atoms with Crippen molar-refractivity contribution in [1.29, 1.82) is 0 Å². The average Bonchev–Trinajstić information content (AvgIpc) is 2.16. The smallest absolute Gasteiger partial charge is 0.428 e. The van der Waals surface area contributed by atoms with E-state index in [-0.39, 0.29) is 4.90 Å².